The van der Waals surface area contributed by atoms with Gasteiger partial charge in [-0.2, -0.15) is 0 Å². The first-order valence-corrected chi connectivity index (χ1v) is 6.98. The third kappa shape index (κ3) is 5.47. The molecule has 1 N–H and O–H groups in total. The second kappa shape index (κ2) is 8.00. The summed E-state index contributed by atoms with van der Waals surface area (Å²) < 4.78 is 5.62. The van der Waals surface area contributed by atoms with Crippen molar-refractivity contribution in [2.45, 2.75) is 52.1 Å². The van der Waals surface area contributed by atoms with Crippen LogP contribution in [0.3, 0.4) is 0 Å². The topological polar surface area (TPSA) is 59.4 Å². The summed E-state index contributed by atoms with van der Waals surface area (Å²) in [7, 11) is 0. The second-order valence-corrected chi connectivity index (χ2v) is 5.00. The normalized spacial score (nSPS) is 12.2. The van der Waals surface area contributed by atoms with Crippen LogP contribution >= 0.6 is 11.6 Å². The fraction of sp³-hybridized carbons (Fsp3) is 0.571. The quantitative estimate of drug-likeness (QED) is 0.728. The zero-order valence-corrected chi connectivity index (χ0v) is 12.1. The number of pyridine rings is 1. The lowest BCUT2D eigenvalue weighted by Crippen LogP contribution is -2.13. The molecule has 0 bridgehead atoms. The first kappa shape index (κ1) is 15.8. The highest BCUT2D eigenvalue weighted by Crippen LogP contribution is 2.24. The van der Waals surface area contributed by atoms with Gasteiger partial charge in [-0.25, -0.2) is 9.78 Å². The average molecular weight is 286 g/mol. The largest absolute Gasteiger partial charge is 0.478 e. The maximum atomic E-state index is 10.8. The number of hydrogen-bond acceptors (Lipinski definition) is 3. The van der Waals surface area contributed by atoms with Crippen molar-refractivity contribution in [2.75, 3.05) is 0 Å². The van der Waals surface area contributed by atoms with Crippen molar-refractivity contribution in [1.29, 1.82) is 0 Å². The van der Waals surface area contributed by atoms with Gasteiger partial charge < -0.3 is 9.84 Å². The van der Waals surface area contributed by atoms with Crippen molar-refractivity contribution in [3.63, 3.8) is 0 Å². The van der Waals surface area contributed by atoms with Crippen LogP contribution in [-0.2, 0) is 0 Å². The van der Waals surface area contributed by atoms with E-state index in [1.807, 2.05) is 6.92 Å². The fourth-order valence-electron chi connectivity index (χ4n) is 1.74. The Bertz CT molecular complexity index is 423. The molecule has 0 saturated heterocycles. The van der Waals surface area contributed by atoms with E-state index in [0.717, 1.165) is 12.8 Å². The maximum absolute atomic E-state index is 10.8. The molecule has 1 aromatic heterocycles. The number of rotatable bonds is 8. The molecule has 0 aromatic carbocycles. The minimum atomic E-state index is -1.05. The lowest BCUT2D eigenvalue weighted by Gasteiger charge is -2.14. The van der Waals surface area contributed by atoms with E-state index in [9.17, 15) is 4.79 Å². The van der Waals surface area contributed by atoms with Gasteiger partial charge in [-0.3, -0.25) is 0 Å². The predicted octanol–water partition coefficient (Wildman–Crippen LogP) is 4.17. The molecule has 1 aromatic rings. The number of nitrogens with zero attached hydrogens (tertiary/aromatic N) is 1. The van der Waals surface area contributed by atoms with E-state index < -0.39 is 5.97 Å². The van der Waals surface area contributed by atoms with Crippen molar-refractivity contribution < 1.29 is 14.6 Å². The monoisotopic (exact) mass is 285 g/mol. The van der Waals surface area contributed by atoms with E-state index in [4.69, 9.17) is 21.4 Å². The van der Waals surface area contributed by atoms with Crippen LogP contribution in [0.2, 0.25) is 5.02 Å². The number of ether oxygens (including phenoxy) is 1. The van der Waals surface area contributed by atoms with Gasteiger partial charge in [-0.1, -0.05) is 37.8 Å². The zero-order chi connectivity index (χ0) is 14.3. The fourth-order valence-corrected chi connectivity index (χ4v) is 1.95. The van der Waals surface area contributed by atoms with Crippen LogP contribution in [0, 0.1) is 0 Å². The number of hydrogen-bond donors (Lipinski definition) is 1. The summed E-state index contributed by atoms with van der Waals surface area (Å²) in [5.41, 5.74) is 0.0629. The van der Waals surface area contributed by atoms with Gasteiger partial charge in [0.25, 0.3) is 0 Å². The summed E-state index contributed by atoms with van der Waals surface area (Å²) in [6.45, 7) is 4.14. The summed E-state index contributed by atoms with van der Waals surface area (Å²) in [5, 5.41) is 9.05. The predicted molar refractivity (Wildman–Crippen MR) is 75.1 cm³/mol. The molecule has 0 amide bonds. The second-order valence-electron chi connectivity index (χ2n) is 4.59. The van der Waals surface area contributed by atoms with E-state index in [1.54, 1.807) is 0 Å². The van der Waals surface area contributed by atoms with Crippen LogP contribution < -0.4 is 4.74 Å². The maximum Gasteiger partial charge on any atom is 0.337 e. The van der Waals surface area contributed by atoms with E-state index in [0.29, 0.717) is 5.88 Å². The van der Waals surface area contributed by atoms with Crippen molar-refractivity contribution in [1.82, 2.24) is 4.98 Å². The molecular formula is C14H20ClNO3. The Morgan fingerprint density at radius 1 is 1.47 bits per heavy atom. The molecule has 5 heteroatoms. The number of unbranched alkanes of at least 4 members (excludes halogenated alkanes) is 3. The molecule has 1 atom stereocenters. The molecule has 4 nitrogen and oxygen atoms in total. The van der Waals surface area contributed by atoms with Crippen LogP contribution in [0.5, 0.6) is 5.88 Å². The lowest BCUT2D eigenvalue weighted by molar-refractivity contribution is 0.0696. The lowest BCUT2D eigenvalue weighted by atomic mass is 10.1. The minimum Gasteiger partial charge on any atom is -0.478 e. The van der Waals surface area contributed by atoms with Gasteiger partial charge in [-0.05, 0) is 25.8 Å². The first-order chi connectivity index (χ1) is 9.04. The van der Waals surface area contributed by atoms with Gasteiger partial charge in [0.05, 0.1) is 11.7 Å². The highest BCUT2D eigenvalue weighted by Gasteiger charge is 2.12. The number of carboxylic acid groups (broad SMARTS) is 1. The van der Waals surface area contributed by atoms with Crippen LogP contribution in [0.4, 0.5) is 0 Å². The molecule has 1 unspecified atom stereocenters. The van der Waals surface area contributed by atoms with E-state index in [1.165, 1.54) is 31.5 Å². The Labute approximate surface area is 118 Å². The van der Waals surface area contributed by atoms with Crippen LogP contribution in [0.25, 0.3) is 0 Å². The van der Waals surface area contributed by atoms with Crippen molar-refractivity contribution in [2.24, 2.45) is 0 Å². The number of halogens is 1. The highest BCUT2D eigenvalue weighted by molar-refractivity contribution is 6.32. The van der Waals surface area contributed by atoms with Gasteiger partial charge in [0, 0.05) is 6.20 Å². The van der Waals surface area contributed by atoms with Crippen molar-refractivity contribution in [3.8, 4) is 5.88 Å². The summed E-state index contributed by atoms with van der Waals surface area (Å²) in [6, 6.07) is 1.36. The van der Waals surface area contributed by atoms with Crippen molar-refractivity contribution in [3.05, 3.63) is 22.8 Å². The molecule has 0 aliphatic carbocycles. The van der Waals surface area contributed by atoms with E-state index >= 15 is 0 Å². The first-order valence-electron chi connectivity index (χ1n) is 6.60. The Kier molecular flexibility index (Phi) is 6.64. The van der Waals surface area contributed by atoms with E-state index in [-0.39, 0.29) is 16.7 Å². The molecule has 0 aliphatic rings. The highest BCUT2D eigenvalue weighted by atomic mass is 35.5. The smallest absolute Gasteiger partial charge is 0.337 e. The number of aromatic carboxylic acids is 1. The van der Waals surface area contributed by atoms with Crippen LogP contribution in [-0.4, -0.2) is 22.2 Å². The van der Waals surface area contributed by atoms with Gasteiger partial charge in [0.15, 0.2) is 0 Å². The Hall–Kier alpha value is -1.29. The summed E-state index contributed by atoms with van der Waals surface area (Å²) >= 11 is 5.95. The number of carbonyl (C=O) groups is 1. The third-order valence-corrected chi connectivity index (χ3v) is 3.10. The van der Waals surface area contributed by atoms with Crippen molar-refractivity contribution >= 4 is 17.6 Å². The van der Waals surface area contributed by atoms with Crippen LogP contribution in [0.15, 0.2) is 12.3 Å². The van der Waals surface area contributed by atoms with Gasteiger partial charge in [-0.15, -0.1) is 0 Å². The molecule has 0 spiro atoms. The molecule has 19 heavy (non-hydrogen) atoms. The molecule has 0 aliphatic heterocycles. The molecule has 0 radical (unpaired) electrons. The van der Waals surface area contributed by atoms with Crippen LogP contribution in [0.1, 0.15) is 56.3 Å². The average Bonchev–Trinajstić information content (AvgIpc) is 2.37. The molecule has 0 saturated carbocycles. The zero-order valence-electron chi connectivity index (χ0n) is 11.4. The van der Waals surface area contributed by atoms with Gasteiger partial charge in [0.1, 0.15) is 5.02 Å². The van der Waals surface area contributed by atoms with E-state index in [2.05, 4.69) is 11.9 Å². The SMILES string of the molecule is CCCCCCC(C)Oc1ncc(C(=O)O)cc1Cl. The molecule has 1 rings (SSSR count). The minimum absolute atomic E-state index is 0.0255. The summed E-state index contributed by atoms with van der Waals surface area (Å²) in [5.74, 6) is -0.747. The summed E-state index contributed by atoms with van der Waals surface area (Å²) in [6.07, 6.45) is 6.98. The standard InChI is InChI=1S/C14H20ClNO3/c1-3-4-5-6-7-10(2)19-13-12(15)8-11(9-16-13)14(17)18/h8-10H,3-7H2,1-2H3,(H,17,18). The molecular weight excluding hydrogens is 266 g/mol. The molecule has 0 fully saturated rings. The van der Waals surface area contributed by atoms with Gasteiger partial charge >= 0.3 is 5.97 Å². The Morgan fingerprint density at radius 3 is 2.79 bits per heavy atom. The number of aromatic nitrogens is 1. The Balaban J connectivity index is 2.50. The molecule has 106 valence electrons. The number of carboxylic acids is 1. The Morgan fingerprint density at radius 2 is 2.21 bits per heavy atom. The third-order valence-electron chi connectivity index (χ3n) is 2.83. The van der Waals surface area contributed by atoms with Gasteiger partial charge in [0.2, 0.25) is 5.88 Å². The molecule has 1 heterocycles. The summed E-state index contributed by atoms with van der Waals surface area (Å²) in [4.78, 5) is 14.7.